The zero-order valence-electron chi connectivity index (χ0n) is 24.0. The fraction of sp³-hybridized carbons (Fsp3) is 0.522. The summed E-state index contributed by atoms with van der Waals surface area (Å²) in [5.74, 6) is -4.22. The zero-order chi connectivity index (χ0) is 32.8. The second-order valence-corrected chi connectivity index (χ2v) is 14.7. The van der Waals surface area contributed by atoms with E-state index in [1.54, 1.807) is 0 Å². The SMILES string of the molecule is C[C@@]12OCP(=O)(O)O[C@H]3C(O)[C@@](C)(OCP(=O)(O)O[C@@H](C1O)[C@H](n1cnc4c(N)ccnc41)O2)O[C@H]3n1cnc2c(N)ncnc21. The number of aromatic nitrogens is 7. The lowest BCUT2D eigenvalue weighted by Crippen LogP contribution is -2.45. The smallest absolute Gasteiger partial charge is 0.354 e. The molecule has 4 bridgehead atoms. The van der Waals surface area contributed by atoms with Crippen molar-refractivity contribution in [1.29, 1.82) is 0 Å². The summed E-state index contributed by atoms with van der Waals surface area (Å²) in [7, 11) is -9.66. The van der Waals surface area contributed by atoms with E-state index in [2.05, 4.69) is 24.9 Å². The first-order valence-corrected chi connectivity index (χ1v) is 17.1. The number of imidazole rings is 2. The monoisotopic (exact) mass is 685 g/mol. The summed E-state index contributed by atoms with van der Waals surface area (Å²) in [5, 5.41) is 22.7. The van der Waals surface area contributed by atoms with Gasteiger partial charge in [0, 0.05) is 6.20 Å². The molecular formula is C23H29N9O12P2. The van der Waals surface area contributed by atoms with Crippen LogP contribution >= 0.6 is 15.2 Å². The third kappa shape index (κ3) is 5.09. The zero-order valence-corrected chi connectivity index (χ0v) is 25.8. The molecule has 23 heteroatoms. The number of pyridine rings is 1. The van der Waals surface area contributed by atoms with Crippen LogP contribution in [-0.4, -0.2) is 103 Å². The molecule has 4 aromatic heterocycles. The van der Waals surface area contributed by atoms with E-state index in [1.807, 2.05) is 0 Å². The van der Waals surface area contributed by atoms with Gasteiger partial charge in [0.05, 0.1) is 18.3 Å². The maximum atomic E-state index is 13.5. The minimum atomic E-state index is -4.83. The summed E-state index contributed by atoms with van der Waals surface area (Å²) in [6.45, 7) is 2.46. The van der Waals surface area contributed by atoms with Crippen molar-refractivity contribution in [3.63, 3.8) is 0 Å². The van der Waals surface area contributed by atoms with Crippen molar-refractivity contribution in [2.75, 3.05) is 24.2 Å². The second-order valence-electron chi connectivity index (χ2n) is 11.2. The van der Waals surface area contributed by atoms with Crippen LogP contribution in [0.3, 0.4) is 0 Å². The van der Waals surface area contributed by atoms with E-state index in [1.165, 1.54) is 47.9 Å². The maximum absolute atomic E-state index is 13.5. The summed E-state index contributed by atoms with van der Waals surface area (Å²) >= 11 is 0. The fourth-order valence-corrected chi connectivity index (χ4v) is 7.77. The number of fused-ring (bicyclic) bond motifs is 6. The number of nitrogens with two attached hydrogens (primary N) is 2. The Hall–Kier alpha value is -3.17. The first kappa shape index (κ1) is 31.4. The highest BCUT2D eigenvalue weighted by molar-refractivity contribution is 7.52. The van der Waals surface area contributed by atoms with Crippen LogP contribution in [0.25, 0.3) is 22.3 Å². The summed E-state index contributed by atoms with van der Waals surface area (Å²) < 4.78 is 63.9. The Morgan fingerprint density at radius 3 is 1.85 bits per heavy atom. The van der Waals surface area contributed by atoms with Gasteiger partial charge in [0.15, 0.2) is 53.8 Å². The van der Waals surface area contributed by atoms with Gasteiger partial charge in [-0.25, -0.2) is 24.9 Å². The minimum absolute atomic E-state index is 0.0277. The predicted molar refractivity (Wildman–Crippen MR) is 152 cm³/mol. The number of nitrogens with zero attached hydrogens (tertiary/aromatic N) is 7. The lowest BCUT2D eigenvalue weighted by atomic mass is 10.1. The van der Waals surface area contributed by atoms with Crippen LogP contribution in [0.15, 0.2) is 31.2 Å². The molecule has 8 N–H and O–H groups in total. The van der Waals surface area contributed by atoms with Crippen LogP contribution in [0, 0.1) is 0 Å². The molecule has 7 heterocycles. The van der Waals surface area contributed by atoms with Gasteiger partial charge in [-0.15, -0.1) is 0 Å². The molecule has 0 aromatic carbocycles. The number of rotatable bonds is 2. The Kier molecular flexibility index (Phi) is 7.29. The number of hydrogen-bond acceptors (Lipinski definition) is 17. The van der Waals surface area contributed by atoms with Gasteiger partial charge in [0.1, 0.15) is 41.8 Å². The molecular weight excluding hydrogens is 656 g/mol. The van der Waals surface area contributed by atoms with E-state index < -0.39 is 76.3 Å². The average Bonchev–Trinajstić information content (AvgIpc) is 3.73. The molecule has 4 unspecified atom stereocenters. The van der Waals surface area contributed by atoms with Gasteiger partial charge in [-0.3, -0.25) is 27.3 Å². The van der Waals surface area contributed by atoms with Crippen molar-refractivity contribution in [3.8, 4) is 0 Å². The Balaban J connectivity index is 1.27. The van der Waals surface area contributed by atoms with E-state index in [0.717, 1.165) is 6.33 Å². The molecule has 248 valence electrons. The van der Waals surface area contributed by atoms with Crippen molar-refractivity contribution >= 4 is 49.0 Å². The minimum Gasteiger partial charge on any atom is -0.397 e. The average molecular weight is 685 g/mol. The summed E-state index contributed by atoms with van der Waals surface area (Å²) in [6.07, 6.45) is -6.96. The maximum Gasteiger partial charge on any atom is 0.354 e. The first-order chi connectivity index (χ1) is 21.6. The molecule has 46 heavy (non-hydrogen) atoms. The van der Waals surface area contributed by atoms with Gasteiger partial charge in [-0.2, -0.15) is 0 Å². The Morgan fingerprint density at radius 2 is 1.30 bits per heavy atom. The van der Waals surface area contributed by atoms with Gasteiger partial charge in [-0.05, 0) is 19.9 Å². The van der Waals surface area contributed by atoms with Crippen LogP contribution in [0.5, 0.6) is 0 Å². The Morgan fingerprint density at radius 1 is 0.804 bits per heavy atom. The van der Waals surface area contributed by atoms with Crippen LogP contribution < -0.4 is 11.5 Å². The van der Waals surface area contributed by atoms with Gasteiger partial charge in [-0.1, -0.05) is 0 Å². The summed E-state index contributed by atoms with van der Waals surface area (Å²) in [5.41, 5.74) is 12.9. The van der Waals surface area contributed by atoms with E-state index >= 15 is 0 Å². The number of aliphatic hydroxyl groups excluding tert-OH is 2. The molecule has 0 aliphatic carbocycles. The van der Waals surface area contributed by atoms with E-state index in [4.69, 9.17) is 39.5 Å². The van der Waals surface area contributed by atoms with Crippen molar-refractivity contribution in [2.45, 2.75) is 62.3 Å². The van der Waals surface area contributed by atoms with Crippen LogP contribution in [0.4, 0.5) is 11.5 Å². The molecule has 0 saturated carbocycles. The first-order valence-electron chi connectivity index (χ1n) is 13.6. The van der Waals surface area contributed by atoms with Gasteiger partial charge >= 0.3 is 15.2 Å². The number of hydrogen-bond donors (Lipinski definition) is 6. The van der Waals surface area contributed by atoms with Crippen LogP contribution in [-0.2, 0) is 37.1 Å². The van der Waals surface area contributed by atoms with Crippen molar-refractivity contribution in [1.82, 2.24) is 34.1 Å². The van der Waals surface area contributed by atoms with Gasteiger partial charge in [0.2, 0.25) is 0 Å². The van der Waals surface area contributed by atoms with Crippen molar-refractivity contribution in [2.24, 2.45) is 0 Å². The molecule has 3 saturated heterocycles. The van der Waals surface area contributed by atoms with Crippen LogP contribution in [0.1, 0.15) is 26.3 Å². The van der Waals surface area contributed by atoms with E-state index in [9.17, 15) is 29.1 Å². The molecule has 3 aliphatic heterocycles. The number of aliphatic hydroxyl groups is 2. The normalized spacial score (nSPS) is 40.4. The van der Waals surface area contributed by atoms with E-state index in [-0.39, 0.29) is 33.8 Å². The Labute approximate surface area is 258 Å². The number of ether oxygens (including phenoxy) is 4. The molecule has 10 atom stereocenters. The molecule has 4 aromatic rings. The number of anilines is 2. The lowest BCUT2D eigenvalue weighted by Gasteiger charge is -2.32. The summed E-state index contributed by atoms with van der Waals surface area (Å²) in [6, 6.07) is 1.51. The molecule has 0 spiro atoms. The van der Waals surface area contributed by atoms with Gasteiger partial charge in [0.25, 0.3) is 0 Å². The largest absolute Gasteiger partial charge is 0.397 e. The lowest BCUT2D eigenvalue weighted by molar-refractivity contribution is -0.248. The second kappa shape index (κ2) is 10.7. The molecule has 3 aliphatic rings. The third-order valence-corrected chi connectivity index (χ3v) is 10.1. The van der Waals surface area contributed by atoms with E-state index in [0.29, 0.717) is 0 Å². The molecule has 21 nitrogen and oxygen atoms in total. The van der Waals surface area contributed by atoms with Crippen molar-refractivity contribution in [3.05, 3.63) is 31.2 Å². The van der Waals surface area contributed by atoms with Crippen LogP contribution in [0.2, 0.25) is 0 Å². The Bertz CT molecular complexity index is 1790. The third-order valence-electron chi connectivity index (χ3n) is 8.00. The molecule has 7 rings (SSSR count). The molecule has 0 radical (unpaired) electrons. The topological polar surface area (TPSA) is 297 Å². The fourth-order valence-electron chi connectivity index (χ4n) is 5.61. The highest BCUT2D eigenvalue weighted by Gasteiger charge is 2.60. The highest BCUT2D eigenvalue weighted by Crippen LogP contribution is 2.56. The number of nitrogen functional groups attached to an aromatic ring is 2. The highest BCUT2D eigenvalue weighted by atomic mass is 31.2. The molecule has 0 amide bonds. The standard InChI is InChI=1S/C23H29N9O12P2/c1-22-15(33)13(20(41-22)31-6-29-11-10(24)3-4-26-18(11)31)43-45(35,36)9-40-23(2)16(34)14(44-46(37,38)8-39-22)21(42-23)32-7-30-12-17(25)27-5-28-19(12)32/h3-7,13-16,20-21,33-34H,8-9H2,1-2H3,(H2,24,26)(H,35,36)(H,37,38)(H2,25,27,28)/t13-,14-,15?,16?,20+,21+,22-,23-/m0/s1. The van der Waals surface area contributed by atoms with Gasteiger partial charge < -0.3 is 50.4 Å². The molecule has 3 fully saturated rings. The predicted octanol–water partition coefficient (Wildman–Crippen LogP) is -0.250. The quantitative estimate of drug-likeness (QED) is 0.148. The summed E-state index contributed by atoms with van der Waals surface area (Å²) in [4.78, 5) is 42.5. The van der Waals surface area contributed by atoms with Crippen molar-refractivity contribution < 1.29 is 57.1 Å².